The standard InChI is InChI=1S/C12H14BrNO3/c1-16-12(15)8-2-3-11(10(13)6-8)17-9-4-5-14-7-9/h2-3,6,9,14H,4-5,7H2,1H3/t9-/m0/s1. The lowest BCUT2D eigenvalue weighted by atomic mass is 10.2. The monoisotopic (exact) mass is 299 g/mol. The minimum absolute atomic E-state index is 0.204. The van der Waals surface area contributed by atoms with Crippen LogP contribution in [0.1, 0.15) is 16.8 Å². The highest BCUT2D eigenvalue weighted by Crippen LogP contribution is 2.28. The molecule has 0 radical (unpaired) electrons. The number of hydrogen-bond donors (Lipinski definition) is 1. The van der Waals surface area contributed by atoms with Crippen LogP contribution < -0.4 is 10.1 Å². The summed E-state index contributed by atoms with van der Waals surface area (Å²) in [6, 6.07) is 5.20. The number of methoxy groups -OCH3 is 1. The van der Waals surface area contributed by atoms with Gasteiger partial charge in [0.2, 0.25) is 0 Å². The van der Waals surface area contributed by atoms with E-state index in [1.807, 2.05) is 0 Å². The molecule has 92 valence electrons. The predicted molar refractivity (Wildman–Crippen MR) is 67.4 cm³/mol. The molecule has 1 aromatic carbocycles. The maximum Gasteiger partial charge on any atom is 0.337 e. The van der Waals surface area contributed by atoms with Crippen molar-refractivity contribution in [1.29, 1.82) is 0 Å². The number of halogens is 1. The van der Waals surface area contributed by atoms with E-state index < -0.39 is 0 Å². The zero-order valence-corrected chi connectivity index (χ0v) is 11.1. The number of esters is 1. The average Bonchev–Trinajstić information content (AvgIpc) is 2.83. The Balaban J connectivity index is 2.10. The highest BCUT2D eigenvalue weighted by atomic mass is 79.9. The maximum absolute atomic E-state index is 11.3. The van der Waals surface area contributed by atoms with Crippen molar-refractivity contribution in [1.82, 2.24) is 5.32 Å². The second-order valence-corrected chi connectivity index (χ2v) is 4.72. The van der Waals surface area contributed by atoms with Crippen molar-refractivity contribution in [2.24, 2.45) is 0 Å². The van der Waals surface area contributed by atoms with Crippen molar-refractivity contribution >= 4 is 21.9 Å². The zero-order chi connectivity index (χ0) is 12.3. The third-order valence-electron chi connectivity index (χ3n) is 2.66. The molecule has 0 aliphatic carbocycles. The Morgan fingerprint density at radius 3 is 2.94 bits per heavy atom. The molecule has 0 amide bonds. The van der Waals surface area contributed by atoms with Gasteiger partial charge in [-0.3, -0.25) is 0 Å². The molecule has 17 heavy (non-hydrogen) atoms. The summed E-state index contributed by atoms with van der Waals surface area (Å²) in [4.78, 5) is 11.3. The van der Waals surface area contributed by atoms with Gasteiger partial charge in [-0.2, -0.15) is 0 Å². The smallest absolute Gasteiger partial charge is 0.337 e. The van der Waals surface area contributed by atoms with Gasteiger partial charge in [-0.05, 0) is 47.1 Å². The summed E-state index contributed by atoms with van der Waals surface area (Å²) in [5.41, 5.74) is 0.510. The van der Waals surface area contributed by atoms with Gasteiger partial charge in [0.15, 0.2) is 0 Å². The lowest BCUT2D eigenvalue weighted by molar-refractivity contribution is 0.0600. The van der Waals surface area contributed by atoms with Gasteiger partial charge in [0, 0.05) is 6.54 Å². The summed E-state index contributed by atoms with van der Waals surface area (Å²) in [5.74, 6) is 0.408. The molecule has 5 heteroatoms. The molecule has 0 saturated carbocycles. The van der Waals surface area contributed by atoms with E-state index in [9.17, 15) is 4.79 Å². The summed E-state index contributed by atoms with van der Waals surface area (Å²) >= 11 is 3.40. The Bertz CT molecular complexity index is 416. The summed E-state index contributed by atoms with van der Waals surface area (Å²) in [6.45, 7) is 1.85. The fourth-order valence-corrected chi connectivity index (χ4v) is 2.22. The average molecular weight is 300 g/mol. The van der Waals surface area contributed by atoms with Crippen molar-refractivity contribution in [3.8, 4) is 5.75 Å². The maximum atomic E-state index is 11.3. The van der Waals surface area contributed by atoms with Gasteiger partial charge in [-0.1, -0.05) is 0 Å². The number of benzene rings is 1. The zero-order valence-electron chi connectivity index (χ0n) is 9.53. The minimum atomic E-state index is -0.347. The van der Waals surface area contributed by atoms with Crippen LogP contribution in [0, 0.1) is 0 Å². The first-order valence-corrected chi connectivity index (χ1v) is 6.25. The van der Waals surface area contributed by atoms with Crippen LogP contribution in [-0.4, -0.2) is 32.3 Å². The van der Waals surface area contributed by atoms with Gasteiger partial charge in [0.05, 0.1) is 17.1 Å². The molecular weight excluding hydrogens is 286 g/mol. The van der Waals surface area contributed by atoms with Crippen molar-refractivity contribution < 1.29 is 14.3 Å². The van der Waals surface area contributed by atoms with Crippen LogP contribution in [0.15, 0.2) is 22.7 Å². The van der Waals surface area contributed by atoms with Crippen LogP contribution in [0.3, 0.4) is 0 Å². The fourth-order valence-electron chi connectivity index (χ4n) is 1.75. The summed E-state index contributed by atoms with van der Waals surface area (Å²) in [5, 5.41) is 3.24. The van der Waals surface area contributed by atoms with Crippen LogP contribution in [-0.2, 0) is 4.74 Å². The van der Waals surface area contributed by atoms with Crippen molar-refractivity contribution in [3.05, 3.63) is 28.2 Å². The topological polar surface area (TPSA) is 47.6 Å². The van der Waals surface area contributed by atoms with E-state index in [2.05, 4.69) is 26.0 Å². The number of ether oxygens (including phenoxy) is 2. The fraction of sp³-hybridized carbons (Fsp3) is 0.417. The molecule has 1 aliphatic rings. The minimum Gasteiger partial charge on any atom is -0.488 e. The van der Waals surface area contributed by atoms with E-state index in [0.717, 1.165) is 29.7 Å². The largest absolute Gasteiger partial charge is 0.488 e. The van der Waals surface area contributed by atoms with Gasteiger partial charge in [-0.15, -0.1) is 0 Å². The first-order valence-electron chi connectivity index (χ1n) is 5.46. The van der Waals surface area contributed by atoms with Crippen LogP contribution in [0.4, 0.5) is 0 Å². The predicted octanol–water partition coefficient (Wildman–Crippen LogP) is 1.98. The van der Waals surface area contributed by atoms with Gasteiger partial charge >= 0.3 is 5.97 Å². The number of carbonyl (C=O) groups excluding carboxylic acids is 1. The summed E-state index contributed by atoms with van der Waals surface area (Å²) in [7, 11) is 1.37. The van der Waals surface area contributed by atoms with Gasteiger partial charge in [0.1, 0.15) is 11.9 Å². The van der Waals surface area contributed by atoms with E-state index in [4.69, 9.17) is 4.74 Å². The molecule has 1 fully saturated rings. The second-order valence-electron chi connectivity index (χ2n) is 3.87. The molecule has 2 rings (SSSR count). The normalized spacial score (nSPS) is 19.1. The van der Waals surface area contributed by atoms with E-state index in [1.165, 1.54) is 7.11 Å². The van der Waals surface area contributed by atoms with Crippen LogP contribution in [0.25, 0.3) is 0 Å². The second kappa shape index (κ2) is 5.51. The van der Waals surface area contributed by atoms with Crippen LogP contribution in [0.5, 0.6) is 5.75 Å². The molecule has 0 bridgehead atoms. The molecule has 1 heterocycles. The Morgan fingerprint density at radius 1 is 1.53 bits per heavy atom. The first kappa shape index (κ1) is 12.4. The van der Waals surface area contributed by atoms with Crippen LogP contribution in [0.2, 0.25) is 0 Å². The third-order valence-corrected chi connectivity index (χ3v) is 3.28. The highest BCUT2D eigenvalue weighted by molar-refractivity contribution is 9.10. The van der Waals surface area contributed by atoms with Gasteiger partial charge in [-0.25, -0.2) is 4.79 Å². The number of carbonyl (C=O) groups is 1. The van der Waals surface area contributed by atoms with E-state index >= 15 is 0 Å². The lowest BCUT2D eigenvalue weighted by Crippen LogP contribution is -2.19. The van der Waals surface area contributed by atoms with E-state index in [-0.39, 0.29) is 12.1 Å². The summed E-state index contributed by atoms with van der Waals surface area (Å²) in [6.07, 6.45) is 1.21. The molecule has 1 aliphatic heterocycles. The van der Waals surface area contributed by atoms with Gasteiger partial charge < -0.3 is 14.8 Å². The quantitative estimate of drug-likeness (QED) is 0.867. The molecule has 0 aromatic heterocycles. The first-order chi connectivity index (χ1) is 8.20. The molecule has 1 aromatic rings. The molecule has 0 spiro atoms. The van der Waals surface area contributed by atoms with Crippen molar-refractivity contribution in [2.75, 3.05) is 20.2 Å². The number of hydrogen-bond acceptors (Lipinski definition) is 4. The molecular formula is C12H14BrNO3. The number of nitrogens with one attached hydrogen (secondary N) is 1. The van der Waals surface area contributed by atoms with Crippen molar-refractivity contribution in [2.45, 2.75) is 12.5 Å². The Hall–Kier alpha value is -1.07. The van der Waals surface area contributed by atoms with E-state index in [1.54, 1.807) is 18.2 Å². The molecule has 1 atom stereocenters. The molecule has 4 nitrogen and oxygen atoms in total. The summed E-state index contributed by atoms with van der Waals surface area (Å²) < 4.78 is 11.2. The van der Waals surface area contributed by atoms with Gasteiger partial charge in [0.25, 0.3) is 0 Å². The Kier molecular flexibility index (Phi) is 4.02. The molecule has 0 unspecified atom stereocenters. The van der Waals surface area contributed by atoms with E-state index in [0.29, 0.717) is 5.56 Å². The van der Waals surface area contributed by atoms with Crippen molar-refractivity contribution in [3.63, 3.8) is 0 Å². The Morgan fingerprint density at radius 2 is 2.35 bits per heavy atom. The molecule has 1 saturated heterocycles. The molecule has 1 N–H and O–H groups in total. The van der Waals surface area contributed by atoms with Crippen LogP contribution >= 0.6 is 15.9 Å². The Labute approximate surface area is 108 Å². The third kappa shape index (κ3) is 2.98. The lowest BCUT2D eigenvalue weighted by Gasteiger charge is -2.14. The SMILES string of the molecule is COC(=O)c1ccc(O[C@H]2CCNC2)c(Br)c1. The number of rotatable bonds is 3. The highest BCUT2D eigenvalue weighted by Gasteiger charge is 2.17.